The van der Waals surface area contributed by atoms with E-state index in [1.807, 2.05) is 13.8 Å². The summed E-state index contributed by atoms with van der Waals surface area (Å²) >= 11 is 0. The molecule has 1 aromatic carbocycles. The van der Waals surface area contributed by atoms with Gasteiger partial charge in [0.2, 0.25) is 0 Å². The summed E-state index contributed by atoms with van der Waals surface area (Å²) in [6.07, 6.45) is 0.376. The van der Waals surface area contributed by atoms with Crippen LogP contribution in [0.5, 0.6) is 0 Å². The normalized spacial score (nSPS) is 13.8. The second kappa shape index (κ2) is 5.56. The zero-order valence-electron chi connectivity index (χ0n) is 10.7. The highest BCUT2D eigenvalue weighted by atomic mass is 19.1. The Morgan fingerprint density at radius 1 is 1.35 bits per heavy atom. The van der Waals surface area contributed by atoms with Crippen LogP contribution in [-0.4, -0.2) is 25.8 Å². The van der Waals surface area contributed by atoms with Crippen molar-refractivity contribution < 1.29 is 13.5 Å². The molecule has 0 fully saturated rings. The largest absolute Gasteiger partial charge is 0.377 e. The summed E-state index contributed by atoms with van der Waals surface area (Å²) in [4.78, 5) is 0. The summed E-state index contributed by atoms with van der Waals surface area (Å²) in [5.74, 6) is -0.815. The molecule has 1 unspecified atom stereocenters. The lowest BCUT2D eigenvalue weighted by atomic mass is 9.92. The molecular weight excluding hydrogens is 224 g/mol. The number of ether oxygens (including phenoxy) is 1. The molecule has 0 heterocycles. The van der Waals surface area contributed by atoms with E-state index in [0.717, 1.165) is 12.1 Å². The molecule has 0 aliphatic carbocycles. The molecule has 0 aliphatic rings. The van der Waals surface area contributed by atoms with Gasteiger partial charge in [-0.3, -0.25) is 0 Å². The first-order valence-corrected chi connectivity index (χ1v) is 5.57. The van der Waals surface area contributed by atoms with E-state index in [-0.39, 0.29) is 6.04 Å². The number of rotatable bonds is 5. The van der Waals surface area contributed by atoms with Gasteiger partial charge >= 0.3 is 0 Å². The lowest BCUT2D eigenvalue weighted by molar-refractivity contribution is -0.00817. The van der Waals surface area contributed by atoms with Gasteiger partial charge in [-0.2, -0.15) is 0 Å². The Kier molecular flexibility index (Phi) is 4.60. The number of hydrogen-bond acceptors (Lipinski definition) is 2. The Bertz CT molecular complexity index is 380. The van der Waals surface area contributed by atoms with Gasteiger partial charge in [0, 0.05) is 13.2 Å². The summed E-state index contributed by atoms with van der Waals surface area (Å²) in [6.45, 7) is 3.82. The number of nitrogens with one attached hydrogen (secondary N) is 1. The quantitative estimate of drug-likeness (QED) is 0.858. The molecule has 4 heteroatoms. The van der Waals surface area contributed by atoms with Crippen LogP contribution in [0.4, 0.5) is 8.78 Å². The Balaban J connectivity index is 2.91. The Labute approximate surface area is 101 Å². The van der Waals surface area contributed by atoms with Gasteiger partial charge in [0.15, 0.2) is 0 Å². The van der Waals surface area contributed by atoms with E-state index >= 15 is 0 Å². The monoisotopic (exact) mass is 243 g/mol. The van der Waals surface area contributed by atoms with Crippen molar-refractivity contribution in [2.45, 2.75) is 31.9 Å². The van der Waals surface area contributed by atoms with E-state index in [9.17, 15) is 8.78 Å². The SMILES string of the molecule is CNC(Cc1cc(F)ccc1F)C(C)(C)OC. The fraction of sp³-hybridized carbons (Fsp3) is 0.538. The molecule has 0 amide bonds. The van der Waals surface area contributed by atoms with Gasteiger partial charge in [-0.25, -0.2) is 8.78 Å². The maximum atomic E-state index is 13.5. The van der Waals surface area contributed by atoms with Crippen molar-refractivity contribution in [2.24, 2.45) is 0 Å². The second-order valence-electron chi connectivity index (χ2n) is 4.59. The predicted octanol–water partition coefficient (Wildman–Crippen LogP) is 2.52. The smallest absolute Gasteiger partial charge is 0.126 e. The molecule has 0 aromatic heterocycles. The fourth-order valence-electron chi connectivity index (χ4n) is 1.76. The Morgan fingerprint density at radius 2 is 2.00 bits per heavy atom. The Morgan fingerprint density at radius 3 is 2.53 bits per heavy atom. The number of likely N-dealkylation sites (N-methyl/N-ethyl adjacent to an activating group) is 1. The molecule has 0 bridgehead atoms. The third kappa shape index (κ3) is 3.48. The van der Waals surface area contributed by atoms with Gasteiger partial charge in [0.05, 0.1) is 5.60 Å². The minimum atomic E-state index is -0.451. The van der Waals surface area contributed by atoms with E-state index < -0.39 is 17.2 Å². The standard InChI is InChI=1S/C13H19F2NO/c1-13(2,17-4)12(16-3)8-9-7-10(14)5-6-11(9)15/h5-7,12,16H,8H2,1-4H3. The molecule has 0 aliphatic heterocycles. The van der Waals surface area contributed by atoms with Crippen LogP contribution in [0.3, 0.4) is 0 Å². The minimum absolute atomic E-state index is 0.0937. The highest BCUT2D eigenvalue weighted by Gasteiger charge is 2.28. The molecule has 0 radical (unpaired) electrons. The van der Waals surface area contributed by atoms with E-state index in [1.165, 1.54) is 6.07 Å². The van der Waals surface area contributed by atoms with Crippen LogP contribution in [0, 0.1) is 11.6 Å². The molecule has 0 saturated heterocycles. The number of halogens is 2. The molecule has 1 N–H and O–H groups in total. The highest BCUT2D eigenvalue weighted by Crippen LogP contribution is 2.20. The van der Waals surface area contributed by atoms with Crippen molar-refractivity contribution in [1.82, 2.24) is 5.32 Å². The van der Waals surface area contributed by atoms with Crippen LogP contribution in [0.1, 0.15) is 19.4 Å². The zero-order valence-corrected chi connectivity index (χ0v) is 10.7. The lowest BCUT2D eigenvalue weighted by Gasteiger charge is -2.33. The molecule has 0 spiro atoms. The molecular formula is C13H19F2NO. The lowest BCUT2D eigenvalue weighted by Crippen LogP contribution is -2.48. The second-order valence-corrected chi connectivity index (χ2v) is 4.59. The van der Waals surface area contributed by atoms with Crippen molar-refractivity contribution in [3.8, 4) is 0 Å². The van der Waals surface area contributed by atoms with Crippen LogP contribution < -0.4 is 5.32 Å². The summed E-state index contributed by atoms with van der Waals surface area (Å²) in [5.41, 5.74) is -0.0949. The third-order valence-corrected chi connectivity index (χ3v) is 3.15. The minimum Gasteiger partial charge on any atom is -0.377 e. The van der Waals surface area contributed by atoms with Gasteiger partial charge in [0.25, 0.3) is 0 Å². The van der Waals surface area contributed by atoms with Crippen LogP contribution in [0.2, 0.25) is 0 Å². The van der Waals surface area contributed by atoms with Crippen molar-refractivity contribution in [2.75, 3.05) is 14.2 Å². The van der Waals surface area contributed by atoms with Gasteiger partial charge in [-0.05, 0) is 51.1 Å². The summed E-state index contributed by atoms with van der Waals surface area (Å²) in [7, 11) is 3.38. The average Bonchev–Trinajstić information content (AvgIpc) is 2.30. The van der Waals surface area contributed by atoms with Crippen molar-refractivity contribution in [3.05, 3.63) is 35.4 Å². The molecule has 2 nitrogen and oxygen atoms in total. The summed E-state index contributed by atoms with van der Waals surface area (Å²) in [5, 5.41) is 3.07. The van der Waals surface area contributed by atoms with Crippen LogP contribution in [0.25, 0.3) is 0 Å². The molecule has 17 heavy (non-hydrogen) atoms. The first kappa shape index (κ1) is 14.1. The first-order valence-electron chi connectivity index (χ1n) is 5.57. The van der Waals surface area contributed by atoms with E-state index in [4.69, 9.17) is 4.74 Å². The topological polar surface area (TPSA) is 21.3 Å². The summed E-state index contributed by atoms with van der Waals surface area (Å²) < 4.78 is 31.9. The van der Waals surface area contributed by atoms with Gasteiger partial charge < -0.3 is 10.1 Å². The van der Waals surface area contributed by atoms with Crippen molar-refractivity contribution >= 4 is 0 Å². The average molecular weight is 243 g/mol. The summed E-state index contributed by atoms with van der Waals surface area (Å²) in [6, 6.07) is 3.40. The van der Waals surface area contributed by atoms with Gasteiger partial charge in [-0.1, -0.05) is 0 Å². The van der Waals surface area contributed by atoms with Crippen LogP contribution in [-0.2, 0) is 11.2 Å². The van der Waals surface area contributed by atoms with E-state index in [2.05, 4.69) is 5.32 Å². The van der Waals surface area contributed by atoms with E-state index in [0.29, 0.717) is 12.0 Å². The first-order chi connectivity index (χ1) is 7.90. The van der Waals surface area contributed by atoms with Crippen LogP contribution in [0.15, 0.2) is 18.2 Å². The third-order valence-electron chi connectivity index (χ3n) is 3.15. The molecule has 0 saturated carbocycles. The molecule has 1 atom stereocenters. The van der Waals surface area contributed by atoms with Crippen LogP contribution >= 0.6 is 0 Å². The predicted molar refractivity (Wildman–Crippen MR) is 64.0 cm³/mol. The number of benzene rings is 1. The number of methoxy groups -OCH3 is 1. The highest BCUT2D eigenvalue weighted by molar-refractivity contribution is 5.20. The molecule has 1 aromatic rings. The zero-order chi connectivity index (χ0) is 13.1. The fourth-order valence-corrected chi connectivity index (χ4v) is 1.76. The van der Waals surface area contributed by atoms with Gasteiger partial charge in [0.1, 0.15) is 11.6 Å². The maximum Gasteiger partial charge on any atom is 0.126 e. The maximum absolute atomic E-state index is 13.5. The van der Waals surface area contributed by atoms with Crippen molar-refractivity contribution in [1.29, 1.82) is 0 Å². The molecule has 96 valence electrons. The van der Waals surface area contributed by atoms with Crippen molar-refractivity contribution in [3.63, 3.8) is 0 Å². The number of hydrogen-bond donors (Lipinski definition) is 1. The molecule has 1 rings (SSSR count). The Hall–Kier alpha value is -1.00. The van der Waals surface area contributed by atoms with Gasteiger partial charge in [-0.15, -0.1) is 0 Å². The van der Waals surface area contributed by atoms with E-state index in [1.54, 1.807) is 14.2 Å².